The molecule has 0 saturated heterocycles. The number of aromatic nitrogens is 1. The van der Waals surface area contributed by atoms with Crippen molar-refractivity contribution in [2.75, 3.05) is 11.9 Å². The Kier molecular flexibility index (Phi) is 4.07. The van der Waals surface area contributed by atoms with Crippen molar-refractivity contribution >= 4 is 11.4 Å². The zero-order chi connectivity index (χ0) is 13.7. The molecule has 0 radical (unpaired) electrons. The van der Waals surface area contributed by atoms with Crippen molar-refractivity contribution < 1.29 is 4.92 Å². The first kappa shape index (κ1) is 13.0. The zero-order valence-corrected chi connectivity index (χ0v) is 10.7. The second kappa shape index (κ2) is 5.95. The van der Waals surface area contributed by atoms with Crippen LogP contribution in [0.2, 0.25) is 0 Å². The molecule has 5 heteroatoms. The van der Waals surface area contributed by atoms with Gasteiger partial charge in [0.05, 0.1) is 4.92 Å². The van der Waals surface area contributed by atoms with E-state index in [0.29, 0.717) is 12.2 Å². The smallest absolute Gasteiger partial charge is 0.292 e. The summed E-state index contributed by atoms with van der Waals surface area (Å²) < 4.78 is 0. The molecule has 0 aliphatic rings. The summed E-state index contributed by atoms with van der Waals surface area (Å²) in [5, 5.41) is 14.1. The molecule has 0 amide bonds. The molecule has 1 heterocycles. The Bertz CT molecular complexity index is 570. The van der Waals surface area contributed by atoms with E-state index >= 15 is 0 Å². The van der Waals surface area contributed by atoms with Crippen LogP contribution >= 0.6 is 0 Å². The maximum absolute atomic E-state index is 11.0. The predicted octanol–water partition coefficient (Wildman–Crippen LogP) is 2.95. The third-order valence-electron chi connectivity index (χ3n) is 2.83. The summed E-state index contributed by atoms with van der Waals surface area (Å²) in [5.74, 6) is 0. The van der Waals surface area contributed by atoms with Gasteiger partial charge in [-0.25, -0.2) is 0 Å². The lowest BCUT2D eigenvalue weighted by atomic mass is 10.1. The average Bonchev–Trinajstić information content (AvgIpc) is 2.41. The lowest BCUT2D eigenvalue weighted by Gasteiger charge is -2.07. The third-order valence-corrected chi connectivity index (χ3v) is 2.83. The predicted molar refractivity (Wildman–Crippen MR) is 74.3 cm³/mol. The number of anilines is 1. The van der Waals surface area contributed by atoms with Gasteiger partial charge in [0.15, 0.2) is 0 Å². The third kappa shape index (κ3) is 3.51. The van der Waals surface area contributed by atoms with Crippen molar-refractivity contribution in [3.05, 3.63) is 64.0 Å². The largest absolute Gasteiger partial charge is 0.379 e. The summed E-state index contributed by atoms with van der Waals surface area (Å²) in [6.45, 7) is 2.49. The van der Waals surface area contributed by atoms with E-state index in [4.69, 9.17) is 0 Å². The number of benzene rings is 1. The van der Waals surface area contributed by atoms with E-state index in [1.54, 1.807) is 24.5 Å². The summed E-state index contributed by atoms with van der Waals surface area (Å²) in [5.41, 5.74) is 2.71. The molecular weight excluding hydrogens is 242 g/mol. The first-order valence-electron chi connectivity index (χ1n) is 6.04. The number of nitro benzene ring substituents is 1. The number of pyridine rings is 1. The van der Waals surface area contributed by atoms with Crippen molar-refractivity contribution in [1.29, 1.82) is 0 Å². The molecule has 2 aromatic rings. The van der Waals surface area contributed by atoms with E-state index in [9.17, 15) is 10.1 Å². The van der Waals surface area contributed by atoms with Crippen molar-refractivity contribution in [1.82, 2.24) is 4.98 Å². The zero-order valence-electron chi connectivity index (χ0n) is 10.7. The van der Waals surface area contributed by atoms with Crippen LogP contribution < -0.4 is 5.32 Å². The molecule has 0 bridgehead atoms. The van der Waals surface area contributed by atoms with Crippen LogP contribution in [0.3, 0.4) is 0 Å². The van der Waals surface area contributed by atoms with Gasteiger partial charge in [-0.05, 0) is 42.7 Å². The molecule has 0 spiro atoms. The Morgan fingerprint density at radius 1 is 1.26 bits per heavy atom. The van der Waals surface area contributed by atoms with Gasteiger partial charge in [-0.3, -0.25) is 15.1 Å². The highest BCUT2D eigenvalue weighted by Gasteiger charge is 2.12. The van der Waals surface area contributed by atoms with Crippen LogP contribution in [0, 0.1) is 17.0 Å². The van der Waals surface area contributed by atoms with E-state index in [2.05, 4.69) is 10.3 Å². The van der Waals surface area contributed by atoms with Crippen molar-refractivity contribution in [2.45, 2.75) is 13.3 Å². The number of nitrogens with one attached hydrogen (secondary N) is 1. The van der Waals surface area contributed by atoms with Gasteiger partial charge >= 0.3 is 0 Å². The van der Waals surface area contributed by atoms with Crippen molar-refractivity contribution in [3.8, 4) is 0 Å². The molecule has 0 aliphatic heterocycles. The van der Waals surface area contributed by atoms with Crippen LogP contribution in [0.4, 0.5) is 11.4 Å². The van der Waals surface area contributed by atoms with Crippen LogP contribution in [0.1, 0.15) is 11.1 Å². The van der Waals surface area contributed by atoms with Gasteiger partial charge < -0.3 is 5.32 Å². The van der Waals surface area contributed by atoms with E-state index in [0.717, 1.165) is 17.5 Å². The fraction of sp³-hybridized carbons (Fsp3) is 0.214. The second-order valence-electron chi connectivity index (χ2n) is 4.31. The summed E-state index contributed by atoms with van der Waals surface area (Å²) in [4.78, 5) is 14.6. The van der Waals surface area contributed by atoms with Crippen LogP contribution in [-0.2, 0) is 6.42 Å². The number of nitrogens with zero attached hydrogens (tertiary/aromatic N) is 2. The van der Waals surface area contributed by atoms with Gasteiger partial charge in [0.2, 0.25) is 0 Å². The number of hydrogen-bond acceptors (Lipinski definition) is 4. The lowest BCUT2D eigenvalue weighted by Crippen LogP contribution is -2.07. The van der Waals surface area contributed by atoms with Crippen LogP contribution in [0.5, 0.6) is 0 Å². The van der Waals surface area contributed by atoms with Gasteiger partial charge in [0, 0.05) is 25.0 Å². The molecule has 2 rings (SSSR count). The van der Waals surface area contributed by atoms with Crippen LogP contribution in [0.15, 0.2) is 42.7 Å². The van der Waals surface area contributed by atoms with Crippen molar-refractivity contribution in [2.24, 2.45) is 0 Å². The molecule has 1 aromatic heterocycles. The van der Waals surface area contributed by atoms with Crippen LogP contribution in [0.25, 0.3) is 0 Å². The number of hydrogen-bond donors (Lipinski definition) is 1. The highest BCUT2D eigenvalue weighted by molar-refractivity contribution is 5.62. The van der Waals surface area contributed by atoms with Crippen LogP contribution in [-0.4, -0.2) is 16.5 Å². The normalized spacial score (nSPS) is 10.2. The quantitative estimate of drug-likeness (QED) is 0.660. The molecule has 0 saturated carbocycles. The molecule has 1 N–H and O–H groups in total. The average molecular weight is 257 g/mol. The fourth-order valence-corrected chi connectivity index (χ4v) is 1.83. The first-order valence-corrected chi connectivity index (χ1v) is 6.04. The fourth-order valence-electron chi connectivity index (χ4n) is 1.83. The van der Waals surface area contributed by atoms with E-state index in [1.807, 2.05) is 25.1 Å². The van der Waals surface area contributed by atoms with E-state index in [1.165, 1.54) is 0 Å². The van der Waals surface area contributed by atoms with Crippen molar-refractivity contribution in [3.63, 3.8) is 0 Å². The van der Waals surface area contributed by atoms with Gasteiger partial charge in [-0.1, -0.05) is 6.07 Å². The monoisotopic (exact) mass is 257 g/mol. The standard InChI is InChI=1S/C14H15N3O2/c1-11-2-3-13(14(10-11)17(18)19)16-9-6-12-4-7-15-8-5-12/h2-5,7-8,10,16H,6,9H2,1H3. The van der Waals surface area contributed by atoms with Gasteiger partial charge in [-0.15, -0.1) is 0 Å². The van der Waals surface area contributed by atoms with E-state index in [-0.39, 0.29) is 10.6 Å². The number of nitro groups is 1. The SMILES string of the molecule is Cc1ccc(NCCc2ccncc2)c([N+](=O)[O-])c1. The lowest BCUT2D eigenvalue weighted by molar-refractivity contribution is -0.384. The maximum Gasteiger partial charge on any atom is 0.292 e. The summed E-state index contributed by atoms with van der Waals surface area (Å²) >= 11 is 0. The second-order valence-corrected chi connectivity index (χ2v) is 4.31. The summed E-state index contributed by atoms with van der Waals surface area (Å²) in [7, 11) is 0. The Labute approximate surface area is 111 Å². The van der Waals surface area contributed by atoms with Gasteiger partial charge in [0.25, 0.3) is 5.69 Å². The van der Waals surface area contributed by atoms with Gasteiger partial charge in [0.1, 0.15) is 5.69 Å². The first-order chi connectivity index (χ1) is 9.16. The van der Waals surface area contributed by atoms with E-state index < -0.39 is 0 Å². The minimum atomic E-state index is -0.359. The molecule has 98 valence electrons. The molecular formula is C14H15N3O2. The Hall–Kier alpha value is -2.43. The molecule has 5 nitrogen and oxygen atoms in total. The summed E-state index contributed by atoms with van der Waals surface area (Å²) in [6, 6.07) is 9.06. The molecule has 1 aromatic carbocycles. The minimum absolute atomic E-state index is 0.120. The number of aryl methyl sites for hydroxylation is 1. The minimum Gasteiger partial charge on any atom is -0.379 e. The molecule has 0 fully saturated rings. The molecule has 19 heavy (non-hydrogen) atoms. The molecule has 0 unspecified atom stereocenters. The Morgan fingerprint density at radius 2 is 2.00 bits per heavy atom. The highest BCUT2D eigenvalue weighted by Crippen LogP contribution is 2.25. The molecule has 0 aliphatic carbocycles. The Morgan fingerprint density at radius 3 is 2.68 bits per heavy atom. The Balaban J connectivity index is 2.02. The van der Waals surface area contributed by atoms with Gasteiger partial charge in [-0.2, -0.15) is 0 Å². The number of rotatable bonds is 5. The highest BCUT2D eigenvalue weighted by atomic mass is 16.6. The topological polar surface area (TPSA) is 68.1 Å². The maximum atomic E-state index is 11.0. The molecule has 0 atom stereocenters. The summed E-state index contributed by atoms with van der Waals surface area (Å²) in [6.07, 6.45) is 4.28.